The van der Waals surface area contributed by atoms with Gasteiger partial charge in [-0.1, -0.05) is 27.2 Å². The van der Waals surface area contributed by atoms with Crippen molar-refractivity contribution in [2.75, 3.05) is 13.1 Å². The first kappa shape index (κ1) is 14.0. The van der Waals surface area contributed by atoms with Gasteiger partial charge in [-0.3, -0.25) is 4.90 Å². The molecule has 1 aliphatic rings. The van der Waals surface area contributed by atoms with E-state index in [0.29, 0.717) is 0 Å². The summed E-state index contributed by atoms with van der Waals surface area (Å²) in [7, 11) is 0. The van der Waals surface area contributed by atoms with Crippen molar-refractivity contribution in [3.8, 4) is 0 Å². The molecule has 2 heteroatoms. The first-order chi connectivity index (χ1) is 7.53. The van der Waals surface area contributed by atoms with Crippen molar-refractivity contribution in [3.63, 3.8) is 0 Å². The van der Waals surface area contributed by atoms with E-state index in [0.717, 1.165) is 18.5 Å². The monoisotopic (exact) mass is 226 g/mol. The lowest BCUT2D eigenvalue weighted by Gasteiger charge is -2.48. The summed E-state index contributed by atoms with van der Waals surface area (Å²) in [5, 5.41) is 0. The van der Waals surface area contributed by atoms with Crippen LogP contribution < -0.4 is 5.73 Å². The van der Waals surface area contributed by atoms with Crippen LogP contribution in [-0.2, 0) is 0 Å². The molecule has 1 aliphatic heterocycles. The summed E-state index contributed by atoms with van der Waals surface area (Å²) in [6.07, 6.45) is 6.61. The van der Waals surface area contributed by atoms with Crippen LogP contribution in [0.3, 0.4) is 0 Å². The Morgan fingerprint density at radius 1 is 1.38 bits per heavy atom. The summed E-state index contributed by atoms with van der Waals surface area (Å²) in [4.78, 5) is 2.70. The molecule has 0 spiro atoms. The highest BCUT2D eigenvalue weighted by Gasteiger charge is 2.36. The second-order valence-corrected chi connectivity index (χ2v) is 6.05. The van der Waals surface area contributed by atoms with Gasteiger partial charge in [-0.15, -0.1) is 0 Å². The number of likely N-dealkylation sites (tertiary alicyclic amines) is 1. The maximum absolute atomic E-state index is 6.06. The van der Waals surface area contributed by atoms with E-state index in [-0.39, 0.29) is 5.54 Å². The van der Waals surface area contributed by atoms with E-state index in [1.54, 1.807) is 0 Å². The van der Waals surface area contributed by atoms with Gasteiger partial charge in [0.2, 0.25) is 0 Å². The molecule has 0 bridgehead atoms. The van der Waals surface area contributed by atoms with Crippen molar-refractivity contribution in [1.29, 1.82) is 0 Å². The van der Waals surface area contributed by atoms with Crippen LogP contribution in [0, 0.1) is 5.92 Å². The maximum Gasteiger partial charge on any atom is 0.0308 e. The Kier molecular flexibility index (Phi) is 5.26. The second-order valence-electron chi connectivity index (χ2n) is 6.05. The van der Waals surface area contributed by atoms with Gasteiger partial charge in [-0.05, 0) is 45.1 Å². The van der Waals surface area contributed by atoms with Gasteiger partial charge in [-0.25, -0.2) is 0 Å². The van der Waals surface area contributed by atoms with Crippen molar-refractivity contribution in [3.05, 3.63) is 0 Å². The Labute approximate surface area is 102 Å². The Balaban J connectivity index is 2.75. The molecule has 16 heavy (non-hydrogen) atoms. The number of piperidine rings is 1. The number of hydrogen-bond donors (Lipinski definition) is 1. The molecule has 96 valence electrons. The standard InChI is InChI=1S/C14H30N2/c1-5-13-8-6-7-9-16(13)14(4,11-15)10-12(2)3/h12-13H,5-11,15H2,1-4H3. The predicted molar refractivity (Wildman–Crippen MR) is 71.6 cm³/mol. The van der Waals surface area contributed by atoms with Crippen LogP contribution in [0.25, 0.3) is 0 Å². The van der Waals surface area contributed by atoms with Crippen LogP contribution in [0.5, 0.6) is 0 Å². The minimum Gasteiger partial charge on any atom is -0.329 e. The summed E-state index contributed by atoms with van der Waals surface area (Å²) in [6, 6.07) is 0.765. The SMILES string of the molecule is CCC1CCCCN1C(C)(CN)CC(C)C. The molecule has 2 N–H and O–H groups in total. The van der Waals surface area contributed by atoms with E-state index >= 15 is 0 Å². The first-order valence-electron chi connectivity index (χ1n) is 7.00. The molecule has 1 rings (SSSR count). The Hall–Kier alpha value is -0.0800. The highest BCUT2D eigenvalue weighted by Crippen LogP contribution is 2.31. The van der Waals surface area contributed by atoms with Crippen molar-refractivity contribution < 1.29 is 0 Å². The largest absolute Gasteiger partial charge is 0.329 e. The van der Waals surface area contributed by atoms with E-state index in [2.05, 4.69) is 32.6 Å². The highest BCUT2D eigenvalue weighted by molar-refractivity contribution is 4.93. The van der Waals surface area contributed by atoms with Crippen molar-refractivity contribution >= 4 is 0 Å². The highest BCUT2D eigenvalue weighted by atomic mass is 15.2. The van der Waals surface area contributed by atoms with Gasteiger partial charge in [0.25, 0.3) is 0 Å². The molecule has 1 fully saturated rings. The Morgan fingerprint density at radius 2 is 2.06 bits per heavy atom. The molecule has 0 amide bonds. The molecule has 0 aromatic heterocycles. The number of rotatable bonds is 5. The van der Waals surface area contributed by atoms with Crippen LogP contribution in [-0.4, -0.2) is 29.6 Å². The fraction of sp³-hybridized carbons (Fsp3) is 1.00. The molecule has 0 saturated carbocycles. The van der Waals surface area contributed by atoms with Gasteiger partial charge in [0.05, 0.1) is 0 Å². The van der Waals surface area contributed by atoms with Crippen LogP contribution in [0.15, 0.2) is 0 Å². The van der Waals surface area contributed by atoms with E-state index in [1.165, 1.54) is 38.6 Å². The van der Waals surface area contributed by atoms with Crippen molar-refractivity contribution in [1.82, 2.24) is 4.90 Å². The summed E-state index contributed by atoms with van der Waals surface area (Å²) in [5.41, 5.74) is 6.28. The Morgan fingerprint density at radius 3 is 2.56 bits per heavy atom. The van der Waals surface area contributed by atoms with E-state index < -0.39 is 0 Å². The number of hydrogen-bond acceptors (Lipinski definition) is 2. The average molecular weight is 226 g/mol. The molecule has 2 nitrogen and oxygen atoms in total. The van der Waals surface area contributed by atoms with Crippen molar-refractivity contribution in [2.45, 2.75) is 71.4 Å². The summed E-state index contributed by atoms with van der Waals surface area (Å²) < 4.78 is 0. The minimum absolute atomic E-state index is 0.218. The summed E-state index contributed by atoms with van der Waals surface area (Å²) in [6.45, 7) is 11.3. The topological polar surface area (TPSA) is 29.3 Å². The van der Waals surface area contributed by atoms with Crippen molar-refractivity contribution in [2.24, 2.45) is 11.7 Å². The molecule has 1 heterocycles. The third kappa shape index (κ3) is 3.21. The average Bonchev–Trinajstić information content (AvgIpc) is 2.28. The van der Waals surface area contributed by atoms with E-state index in [9.17, 15) is 0 Å². The van der Waals surface area contributed by atoms with Crippen LogP contribution >= 0.6 is 0 Å². The predicted octanol–water partition coefficient (Wildman–Crippen LogP) is 3.01. The van der Waals surface area contributed by atoms with Gasteiger partial charge in [0, 0.05) is 18.1 Å². The second kappa shape index (κ2) is 6.02. The summed E-state index contributed by atoms with van der Waals surface area (Å²) >= 11 is 0. The minimum atomic E-state index is 0.218. The molecular weight excluding hydrogens is 196 g/mol. The van der Waals surface area contributed by atoms with Gasteiger partial charge < -0.3 is 5.73 Å². The zero-order valence-electron chi connectivity index (χ0n) is 11.6. The van der Waals surface area contributed by atoms with E-state index in [4.69, 9.17) is 5.73 Å². The lowest BCUT2D eigenvalue weighted by atomic mass is 9.84. The first-order valence-corrected chi connectivity index (χ1v) is 7.00. The van der Waals surface area contributed by atoms with Crippen LogP contribution in [0.2, 0.25) is 0 Å². The fourth-order valence-corrected chi connectivity index (χ4v) is 3.33. The Bertz CT molecular complexity index is 203. The quantitative estimate of drug-likeness (QED) is 0.781. The smallest absolute Gasteiger partial charge is 0.0308 e. The van der Waals surface area contributed by atoms with Crippen LogP contribution in [0.4, 0.5) is 0 Å². The molecule has 0 aliphatic carbocycles. The third-order valence-electron chi connectivity index (χ3n) is 4.08. The molecule has 0 radical (unpaired) electrons. The van der Waals surface area contributed by atoms with Gasteiger partial charge in [0.1, 0.15) is 0 Å². The molecular formula is C14H30N2. The van der Waals surface area contributed by atoms with Gasteiger partial charge in [-0.2, -0.15) is 0 Å². The van der Waals surface area contributed by atoms with E-state index in [1.807, 2.05) is 0 Å². The normalized spacial score (nSPS) is 27.0. The maximum atomic E-state index is 6.06. The third-order valence-corrected chi connectivity index (χ3v) is 4.08. The molecule has 0 aromatic rings. The molecule has 2 unspecified atom stereocenters. The zero-order valence-corrected chi connectivity index (χ0v) is 11.6. The van der Waals surface area contributed by atoms with Gasteiger partial charge >= 0.3 is 0 Å². The molecule has 2 atom stereocenters. The van der Waals surface area contributed by atoms with Gasteiger partial charge in [0.15, 0.2) is 0 Å². The molecule has 0 aromatic carbocycles. The zero-order chi connectivity index (χ0) is 12.2. The number of nitrogens with two attached hydrogens (primary N) is 1. The lowest BCUT2D eigenvalue weighted by molar-refractivity contribution is 0.0185. The summed E-state index contributed by atoms with van der Waals surface area (Å²) in [5.74, 6) is 0.730. The number of nitrogens with zero attached hydrogens (tertiary/aromatic N) is 1. The van der Waals surface area contributed by atoms with Crippen LogP contribution in [0.1, 0.15) is 59.8 Å². The molecule has 1 saturated heterocycles. The fourth-order valence-electron chi connectivity index (χ4n) is 3.33. The lowest BCUT2D eigenvalue weighted by Crippen LogP contribution is -2.58.